The van der Waals surface area contributed by atoms with Gasteiger partial charge in [-0.3, -0.25) is 4.99 Å². The second-order valence-corrected chi connectivity index (χ2v) is 4.35. The predicted octanol–water partition coefficient (Wildman–Crippen LogP) is 5.06. The molecule has 0 saturated carbocycles. The van der Waals surface area contributed by atoms with Crippen molar-refractivity contribution in [2.45, 2.75) is 0 Å². The minimum absolute atomic E-state index is 0.168. The van der Waals surface area contributed by atoms with Gasteiger partial charge >= 0.3 is 0 Å². The first kappa shape index (κ1) is 14.5. The molecule has 0 aliphatic rings. The van der Waals surface area contributed by atoms with Gasteiger partial charge in [0.2, 0.25) is 0 Å². The number of nitrogens with zero attached hydrogens (tertiary/aromatic N) is 1. The molecule has 21 heavy (non-hydrogen) atoms. The highest BCUT2D eigenvalue weighted by atomic mass is 16.3. The average molecular weight is 275 g/mol. The summed E-state index contributed by atoms with van der Waals surface area (Å²) in [5.41, 5.74) is 2.67. The van der Waals surface area contributed by atoms with Gasteiger partial charge in [0, 0.05) is 6.21 Å². The first-order valence-electron chi connectivity index (χ1n) is 6.68. The molecule has 2 aromatic rings. The molecule has 0 saturated heterocycles. The molecule has 2 nitrogen and oxygen atoms in total. The third kappa shape index (κ3) is 4.32. The normalized spacial score (nSPS) is 11.6. The van der Waals surface area contributed by atoms with Crippen molar-refractivity contribution in [1.29, 1.82) is 0 Å². The molecular formula is C19H17NO. The fourth-order valence-corrected chi connectivity index (χ4v) is 1.82. The highest BCUT2D eigenvalue weighted by molar-refractivity contribution is 5.78. The number of benzene rings is 2. The number of hydrogen-bond donors (Lipinski definition) is 1. The van der Waals surface area contributed by atoms with Crippen LogP contribution in [0.25, 0.3) is 11.1 Å². The Kier molecular flexibility index (Phi) is 5.30. The van der Waals surface area contributed by atoms with Crippen LogP contribution in [-0.4, -0.2) is 11.3 Å². The number of allylic oxidation sites excluding steroid dienone is 5. The summed E-state index contributed by atoms with van der Waals surface area (Å²) in [7, 11) is 0. The zero-order valence-electron chi connectivity index (χ0n) is 11.7. The monoisotopic (exact) mass is 275 g/mol. The van der Waals surface area contributed by atoms with E-state index in [2.05, 4.69) is 11.6 Å². The lowest BCUT2D eigenvalue weighted by Gasteiger charge is -2.04. The van der Waals surface area contributed by atoms with E-state index in [1.54, 1.807) is 24.4 Å². The van der Waals surface area contributed by atoms with E-state index in [0.29, 0.717) is 5.69 Å². The lowest BCUT2D eigenvalue weighted by atomic mass is 10.1. The summed E-state index contributed by atoms with van der Waals surface area (Å²) in [6.07, 6.45) is 10.7. The Morgan fingerprint density at radius 1 is 0.857 bits per heavy atom. The molecule has 0 unspecified atom stereocenters. The van der Waals surface area contributed by atoms with Gasteiger partial charge < -0.3 is 5.11 Å². The zero-order chi connectivity index (χ0) is 14.9. The summed E-state index contributed by atoms with van der Waals surface area (Å²) >= 11 is 0. The van der Waals surface area contributed by atoms with Crippen molar-refractivity contribution < 1.29 is 5.11 Å². The van der Waals surface area contributed by atoms with Gasteiger partial charge in [-0.05, 0) is 29.3 Å². The van der Waals surface area contributed by atoms with E-state index in [9.17, 15) is 5.11 Å². The Morgan fingerprint density at radius 2 is 1.62 bits per heavy atom. The van der Waals surface area contributed by atoms with Crippen LogP contribution in [-0.2, 0) is 0 Å². The van der Waals surface area contributed by atoms with Gasteiger partial charge in [-0.2, -0.15) is 0 Å². The van der Waals surface area contributed by atoms with E-state index in [1.807, 2.05) is 60.7 Å². The largest absolute Gasteiger partial charge is 0.506 e. The summed E-state index contributed by atoms with van der Waals surface area (Å²) in [5.74, 6) is 0.168. The Bertz CT molecular complexity index is 682. The molecule has 104 valence electrons. The van der Waals surface area contributed by atoms with Crippen molar-refractivity contribution in [3.8, 4) is 16.9 Å². The van der Waals surface area contributed by atoms with Gasteiger partial charge in [0.25, 0.3) is 0 Å². The smallest absolute Gasteiger partial charge is 0.141 e. The van der Waals surface area contributed by atoms with Crippen molar-refractivity contribution in [3.05, 3.63) is 85.5 Å². The van der Waals surface area contributed by atoms with Gasteiger partial charge in [-0.1, -0.05) is 67.3 Å². The van der Waals surface area contributed by atoms with Crippen molar-refractivity contribution in [2.24, 2.45) is 4.99 Å². The molecule has 0 aliphatic carbocycles. The molecule has 2 rings (SSSR count). The molecule has 0 aromatic heterocycles. The highest BCUT2D eigenvalue weighted by Crippen LogP contribution is 2.31. The maximum absolute atomic E-state index is 9.86. The van der Waals surface area contributed by atoms with E-state index < -0.39 is 0 Å². The van der Waals surface area contributed by atoms with Crippen LogP contribution in [0, 0.1) is 0 Å². The van der Waals surface area contributed by atoms with E-state index >= 15 is 0 Å². The van der Waals surface area contributed by atoms with Crippen molar-refractivity contribution in [3.63, 3.8) is 0 Å². The molecule has 2 aromatic carbocycles. The van der Waals surface area contributed by atoms with Crippen LogP contribution >= 0.6 is 0 Å². The molecule has 0 aliphatic heterocycles. The van der Waals surface area contributed by atoms with Crippen LogP contribution in [0.1, 0.15) is 0 Å². The molecule has 0 radical (unpaired) electrons. The molecule has 0 bridgehead atoms. The third-order valence-corrected chi connectivity index (χ3v) is 2.85. The van der Waals surface area contributed by atoms with E-state index in [4.69, 9.17) is 0 Å². The minimum atomic E-state index is 0.168. The Morgan fingerprint density at radius 3 is 2.38 bits per heavy atom. The Hall–Kier alpha value is -2.87. The van der Waals surface area contributed by atoms with Crippen LogP contribution in [0.2, 0.25) is 0 Å². The fourth-order valence-electron chi connectivity index (χ4n) is 1.82. The number of aromatic hydroxyl groups is 1. The number of rotatable bonds is 5. The molecule has 0 heterocycles. The number of phenolic OH excluding ortho intramolecular Hbond substituents is 1. The summed E-state index contributed by atoms with van der Waals surface area (Å²) < 4.78 is 0. The number of hydrogen-bond acceptors (Lipinski definition) is 2. The maximum atomic E-state index is 9.86. The maximum Gasteiger partial charge on any atom is 0.141 e. The summed E-state index contributed by atoms with van der Waals surface area (Å²) in [6.45, 7) is 3.59. The molecule has 1 N–H and O–H groups in total. The van der Waals surface area contributed by atoms with E-state index in [-0.39, 0.29) is 5.75 Å². The van der Waals surface area contributed by atoms with Gasteiger partial charge in [-0.25, -0.2) is 0 Å². The van der Waals surface area contributed by atoms with Gasteiger partial charge in [0.15, 0.2) is 0 Å². The van der Waals surface area contributed by atoms with E-state index in [0.717, 1.165) is 11.1 Å². The van der Waals surface area contributed by atoms with Crippen molar-refractivity contribution in [2.75, 3.05) is 0 Å². The van der Waals surface area contributed by atoms with Crippen molar-refractivity contribution in [1.82, 2.24) is 0 Å². The molecular weight excluding hydrogens is 258 g/mol. The molecule has 0 atom stereocenters. The van der Waals surface area contributed by atoms with E-state index in [1.165, 1.54) is 0 Å². The lowest BCUT2D eigenvalue weighted by molar-refractivity contribution is 0.477. The summed E-state index contributed by atoms with van der Waals surface area (Å²) in [6, 6.07) is 15.4. The van der Waals surface area contributed by atoms with Crippen LogP contribution < -0.4 is 0 Å². The van der Waals surface area contributed by atoms with Gasteiger partial charge in [0.1, 0.15) is 11.4 Å². The Balaban J connectivity index is 2.20. The molecule has 0 fully saturated rings. The third-order valence-electron chi connectivity index (χ3n) is 2.85. The average Bonchev–Trinajstić information content (AvgIpc) is 2.53. The summed E-state index contributed by atoms with van der Waals surface area (Å²) in [4.78, 5) is 4.27. The second-order valence-electron chi connectivity index (χ2n) is 4.35. The van der Waals surface area contributed by atoms with Crippen LogP contribution in [0.15, 0.2) is 90.5 Å². The first-order valence-corrected chi connectivity index (χ1v) is 6.68. The highest BCUT2D eigenvalue weighted by Gasteiger charge is 2.02. The van der Waals surface area contributed by atoms with Crippen LogP contribution in [0.3, 0.4) is 0 Å². The van der Waals surface area contributed by atoms with Gasteiger partial charge in [-0.15, -0.1) is 0 Å². The van der Waals surface area contributed by atoms with Crippen LogP contribution in [0.4, 0.5) is 5.69 Å². The minimum Gasteiger partial charge on any atom is -0.506 e. The molecule has 0 spiro atoms. The predicted molar refractivity (Wildman–Crippen MR) is 90.2 cm³/mol. The number of aliphatic imine (C=N–C) groups is 1. The quantitative estimate of drug-likeness (QED) is 0.600. The SMILES string of the molecule is C=C/C=C\C=C\C=Nc1cc(-c2ccccc2)ccc1O. The molecule has 0 amide bonds. The standard InChI is InChI=1S/C19H17NO/c1-2-3-4-5-9-14-20-18-15-17(12-13-19(18)21)16-10-7-6-8-11-16/h2-15,21H,1H2/b4-3-,9-5+,20-14?. The molecule has 2 heteroatoms. The Labute approximate surface area is 125 Å². The van der Waals surface area contributed by atoms with Crippen molar-refractivity contribution >= 4 is 11.9 Å². The van der Waals surface area contributed by atoms with Gasteiger partial charge in [0.05, 0.1) is 0 Å². The first-order chi connectivity index (χ1) is 10.3. The summed E-state index contributed by atoms with van der Waals surface area (Å²) in [5, 5.41) is 9.86. The topological polar surface area (TPSA) is 32.6 Å². The lowest BCUT2D eigenvalue weighted by Crippen LogP contribution is -1.77. The number of phenols is 1. The fraction of sp³-hybridized carbons (Fsp3) is 0. The zero-order valence-corrected chi connectivity index (χ0v) is 11.7. The van der Waals surface area contributed by atoms with Crippen LogP contribution in [0.5, 0.6) is 5.75 Å². The second kappa shape index (κ2) is 7.65.